The maximum atomic E-state index is 13.1. The van der Waals surface area contributed by atoms with Gasteiger partial charge in [0.05, 0.1) is 18.2 Å². The first kappa shape index (κ1) is 26.3. The smallest absolute Gasteiger partial charge is 0.338 e. The lowest BCUT2D eigenvalue weighted by Gasteiger charge is -2.42. The Bertz CT molecular complexity index is 986. The van der Waals surface area contributed by atoms with Gasteiger partial charge in [-0.25, -0.2) is 9.59 Å². The van der Waals surface area contributed by atoms with E-state index in [-0.39, 0.29) is 31.2 Å². The highest BCUT2D eigenvalue weighted by Crippen LogP contribution is 2.36. The number of urea groups is 1. The van der Waals surface area contributed by atoms with Crippen molar-refractivity contribution in [3.63, 3.8) is 0 Å². The lowest BCUT2D eigenvalue weighted by atomic mass is 9.94. The molecule has 2 heterocycles. The van der Waals surface area contributed by atoms with Crippen molar-refractivity contribution in [2.24, 2.45) is 0 Å². The highest BCUT2D eigenvalue weighted by atomic mass is 35.5. The molecule has 0 aromatic heterocycles. The molecule has 3 amide bonds. The monoisotopic (exact) mass is 512 g/mol. The molecule has 1 saturated heterocycles. The van der Waals surface area contributed by atoms with Crippen molar-refractivity contribution in [2.45, 2.75) is 25.9 Å². The van der Waals surface area contributed by atoms with E-state index in [1.165, 1.54) is 12.0 Å². The molecule has 2 aliphatic heterocycles. The van der Waals surface area contributed by atoms with Crippen LogP contribution in [0.3, 0.4) is 0 Å². The number of likely N-dealkylation sites (N-methyl/N-ethyl adjacent to an activating group) is 1. The molecule has 0 saturated carbocycles. The number of halogens is 2. The Balaban J connectivity index is 1.96. The summed E-state index contributed by atoms with van der Waals surface area (Å²) in [6, 6.07) is 3.73. The molecule has 0 radical (unpaired) electrons. The number of carbonyl (C=O) groups is 3. The van der Waals surface area contributed by atoms with E-state index in [1.807, 2.05) is 6.92 Å². The predicted molar refractivity (Wildman–Crippen MR) is 129 cm³/mol. The van der Waals surface area contributed by atoms with E-state index >= 15 is 0 Å². The zero-order valence-corrected chi connectivity index (χ0v) is 21.3. The molecule has 9 nitrogen and oxygen atoms in total. The Labute approximate surface area is 209 Å². The minimum atomic E-state index is -0.787. The molecule has 11 heteroatoms. The fourth-order valence-electron chi connectivity index (χ4n) is 4.33. The van der Waals surface area contributed by atoms with Crippen molar-refractivity contribution in [3.8, 4) is 0 Å². The first-order chi connectivity index (χ1) is 16.2. The summed E-state index contributed by atoms with van der Waals surface area (Å²) >= 11 is 12.5. The number of piperazine rings is 1. The topological polar surface area (TPSA) is 91.4 Å². The van der Waals surface area contributed by atoms with Crippen molar-refractivity contribution in [2.75, 3.05) is 53.6 Å². The van der Waals surface area contributed by atoms with Gasteiger partial charge in [-0.3, -0.25) is 14.6 Å². The summed E-state index contributed by atoms with van der Waals surface area (Å²) in [7, 11) is 3.11. The maximum Gasteiger partial charge on any atom is 0.338 e. The Morgan fingerprint density at radius 2 is 1.97 bits per heavy atom. The number of methoxy groups -OCH3 is 1. The van der Waals surface area contributed by atoms with Crippen LogP contribution < -0.4 is 5.32 Å². The summed E-state index contributed by atoms with van der Waals surface area (Å²) in [5.41, 5.74) is 1.40. The van der Waals surface area contributed by atoms with Crippen LogP contribution in [-0.4, -0.2) is 92.2 Å². The van der Waals surface area contributed by atoms with Gasteiger partial charge in [-0.1, -0.05) is 29.3 Å². The maximum absolute atomic E-state index is 13.1. The second-order valence-electron chi connectivity index (χ2n) is 8.29. The van der Waals surface area contributed by atoms with Gasteiger partial charge < -0.3 is 19.7 Å². The third-order valence-electron chi connectivity index (χ3n) is 6.02. The number of rotatable bonds is 7. The molecule has 0 spiro atoms. The molecule has 3 rings (SSSR count). The number of esters is 1. The quantitative estimate of drug-likeness (QED) is 0.564. The number of benzene rings is 1. The zero-order chi connectivity index (χ0) is 25.0. The molecule has 186 valence electrons. The Kier molecular flexibility index (Phi) is 8.81. The molecular weight excluding hydrogens is 483 g/mol. The first-order valence-electron chi connectivity index (χ1n) is 11.1. The zero-order valence-electron chi connectivity index (χ0n) is 19.8. The second-order valence-corrected chi connectivity index (χ2v) is 9.14. The third-order valence-corrected chi connectivity index (χ3v) is 6.58. The fraction of sp³-hybridized carbons (Fsp3) is 0.522. The van der Waals surface area contributed by atoms with Gasteiger partial charge in [0, 0.05) is 62.1 Å². The second kappa shape index (κ2) is 11.4. The summed E-state index contributed by atoms with van der Waals surface area (Å²) < 4.78 is 10.3. The lowest BCUT2D eigenvalue weighted by molar-refractivity contribution is -0.139. The van der Waals surface area contributed by atoms with Crippen LogP contribution in [0.1, 0.15) is 25.5 Å². The predicted octanol–water partition coefficient (Wildman–Crippen LogP) is 2.69. The Hall–Kier alpha value is -2.33. The standard InChI is InChI=1S/C23H30Cl2N4O5/c1-5-34-22(31)20-18(12-28-8-9-29(14(2)11-28)19(30)13-33-4)27(3)23(32)26-21(20)16-7-6-15(24)10-17(16)25/h6-7,10,14,21H,5,8-9,11-13H2,1-4H3,(H,26,32). The van der Waals surface area contributed by atoms with E-state index in [2.05, 4.69) is 10.2 Å². The lowest BCUT2D eigenvalue weighted by Crippen LogP contribution is -2.56. The Morgan fingerprint density at radius 1 is 1.24 bits per heavy atom. The summed E-state index contributed by atoms with van der Waals surface area (Å²) in [6.45, 7) is 5.93. The van der Waals surface area contributed by atoms with Crippen molar-refractivity contribution in [1.29, 1.82) is 0 Å². The normalized spacial score (nSPS) is 21.5. The van der Waals surface area contributed by atoms with E-state index < -0.39 is 12.0 Å². The van der Waals surface area contributed by atoms with Crippen molar-refractivity contribution < 1.29 is 23.9 Å². The number of carbonyl (C=O) groups excluding carboxylic acids is 3. The van der Waals surface area contributed by atoms with Crippen LogP contribution in [0.4, 0.5) is 4.79 Å². The van der Waals surface area contributed by atoms with Crippen LogP contribution in [0.2, 0.25) is 10.0 Å². The highest BCUT2D eigenvalue weighted by Gasteiger charge is 2.39. The summed E-state index contributed by atoms with van der Waals surface area (Å²) in [5, 5.41) is 3.64. The molecular formula is C23H30Cl2N4O5. The third kappa shape index (κ3) is 5.66. The van der Waals surface area contributed by atoms with Crippen LogP contribution in [0.5, 0.6) is 0 Å². The summed E-state index contributed by atoms with van der Waals surface area (Å²) in [6.07, 6.45) is 0. The van der Waals surface area contributed by atoms with Crippen molar-refractivity contribution in [1.82, 2.24) is 20.0 Å². The van der Waals surface area contributed by atoms with Gasteiger partial charge in [0.15, 0.2) is 0 Å². The minimum Gasteiger partial charge on any atom is -0.463 e. The molecule has 1 fully saturated rings. The van der Waals surface area contributed by atoms with Crippen LogP contribution >= 0.6 is 23.2 Å². The van der Waals surface area contributed by atoms with Crippen LogP contribution in [-0.2, 0) is 19.1 Å². The number of nitrogens with zero attached hydrogens (tertiary/aromatic N) is 3. The largest absolute Gasteiger partial charge is 0.463 e. The van der Waals surface area contributed by atoms with Crippen LogP contribution in [0.15, 0.2) is 29.5 Å². The molecule has 2 unspecified atom stereocenters. The molecule has 0 aliphatic carbocycles. The minimum absolute atomic E-state index is 0.0366. The van der Waals surface area contributed by atoms with E-state index in [0.717, 1.165) is 0 Å². The SMILES string of the molecule is CCOC(=O)C1=C(CN2CCN(C(=O)COC)C(C)C2)N(C)C(=O)NC1c1ccc(Cl)cc1Cl. The number of hydrogen-bond acceptors (Lipinski definition) is 6. The number of ether oxygens (including phenoxy) is 2. The molecule has 1 aromatic rings. The van der Waals surface area contributed by atoms with Gasteiger partial charge in [0.25, 0.3) is 0 Å². The van der Waals surface area contributed by atoms with Gasteiger partial charge in [-0.2, -0.15) is 0 Å². The molecule has 2 aliphatic rings. The average molecular weight is 513 g/mol. The van der Waals surface area contributed by atoms with Gasteiger partial charge in [-0.15, -0.1) is 0 Å². The van der Waals surface area contributed by atoms with E-state index in [1.54, 1.807) is 37.1 Å². The van der Waals surface area contributed by atoms with E-state index in [0.29, 0.717) is 53.1 Å². The number of amides is 3. The van der Waals surface area contributed by atoms with Gasteiger partial charge in [0.2, 0.25) is 5.91 Å². The first-order valence-corrected chi connectivity index (χ1v) is 11.8. The summed E-state index contributed by atoms with van der Waals surface area (Å²) in [5.74, 6) is -0.588. The molecule has 0 bridgehead atoms. The van der Waals surface area contributed by atoms with Crippen molar-refractivity contribution in [3.05, 3.63) is 45.1 Å². The molecule has 2 atom stereocenters. The number of nitrogens with one attached hydrogen (secondary N) is 1. The van der Waals surface area contributed by atoms with E-state index in [4.69, 9.17) is 32.7 Å². The van der Waals surface area contributed by atoms with Gasteiger partial charge in [-0.05, 0) is 31.5 Å². The van der Waals surface area contributed by atoms with Gasteiger partial charge in [0.1, 0.15) is 6.61 Å². The summed E-state index contributed by atoms with van der Waals surface area (Å²) in [4.78, 5) is 43.6. The molecule has 34 heavy (non-hydrogen) atoms. The number of hydrogen-bond donors (Lipinski definition) is 1. The van der Waals surface area contributed by atoms with Gasteiger partial charge >= 0.3 is 12.0 Å². The van der Waals surface area contributed by atoms with Crippen LogP contribution in [0.25, 0.3) is 0 Å². The average Bonchev–Trinajstić information content (AvgIpc) is 2.77. The molecule has 1 aromatic carbocycles. The van der Waals surface area contributed by atoms with Crippen molar-refractivity contribution >= 4 is 41.1 Å². The fourth-order valence-corrected chi connectivity index (χ4v) is 4.85. The van der Waals surface area contributed by atoms with E-state index in [9.17, 15) is 14.4 Å². The highest BCUT2D eigenvalue weighted by molar-refractivity contribution is 6.35. The molecule has 1 N–H and O–H groups in total. The Morgan fingerprint density at radius 3 is 2.59 bits per heavy atom. The van der Waals surface area contributed by atoms with Crippen LogP contribution in [0, 0.1) is 0 Å².